The van der Waals surface area contributed by atoms with Gasteiger partial charge in [0.15, 0.2) is 5.58 Å². The van der Waals surface area contributed by atoms with E-state index in [1.807, 2.05) is 24.3 Å². The normalized spacial score (nSPS) is 12.9. The minimum atomic E-state index is -0.346. The molecule has 0 fully saturated rings. The van der Waals surface area contributed by atoms with Crippen LogP contribution in [0, 0.1) is 0 Å². The van der Waals surface area contributed by atoms with Crippen molar-refractivity contribution in [2.45, 2.75) is 18.2 Å². The summed E-state index contributed by atoms with van der Waals surface area (Å²) in [5.41, 5.74) is 3.52. The maximum absolute atomic E-state index is 11.5. The molecule has 0 aliphatic rings. The van der Waals surface area contributed by atoms with Crippen LogP contribution in [0.4, 0.5) is 0 Å². The molecule has 0 spiro atoms. The second-order valence-corrected chi connectivity index (χ2v) is 5.59. The Morgan fingerprint density at radius 3 is 2.90 bits per heavy atom. The van der Waals surface area contributed by atoms with Crippen LogP contribution in [0.15, 0.2) is 44.2 Å². The van der Waals surface area contributed by atoms with Crippen molar-refractivity contribution in [2.75, 3.05) is 0 Å². The smallest absolute Gasteiger partial charge is 0.419 e. The first-order chi connectivity index (χ1) is 9.61. The van der Waals surface area contributed by atoms with E-state index >= 15 is 0 Å². The molecule has 0 radical (unpaired) electrons. The van der Waals surface area contributed by atoms with E-state index in [9.17, 15) is 4.79 Å². The van der Waals surface area contributed by atoms with Crippen LogP contribution < -0.4 is 5.76 Å². The Bertz CT molecular complexity index is 812. The monoisotopic (exact) mass is 335 g/mol. The quantitative estimate of drug-likeness (QED) is 0.684. The number of aromatic nitrogens is 1. The highest BCUT2D eigenvalue weighted by atomic mass is 79.9. The number of furan rings is 1. The minimum absolute atomic E-state index is 0.0195. The third-order valence-corrected chi connectivity index (χ3v) is 4.50. The van der Waals surface area contributed by atoms with E-state index < -0.39 is 0 Å². The van der Waals surface area contributed by atoms with Gasteiger partial charge in [0.05, 0.1) is 16.6 Å². The SMILES string of the molecule is CCc1occc1C(Br)c1ccc2c(c1)oc(=O)n2C. The summed E-state index contributed by atoms with van der Waals surface area (Å²) < 4.78 is 12.2. The van der Waals surface area contributed by atoms with Gasteiger partial charge in [0.2, 0.25) is 0 Å². The van der Waals surface area contributed by atoms with E-state index in [0.29, 0.717) is 5.58 Å². The average molecular weight is 336 g/mol. The van der Waals surface area contributed by atoms with Crippen molar-refractivity contribution in [2.24, 2.45) is 7.05 Å². The van der Waals surface area contributed by atoms with E-state index in [0.717, 1.165) is 28.8 Å². The molecule has 0 aliphatic heterocycles. The number of alkyl halides is 1. The fraction of sp³-hybridized carbons (Fsp3) is 0.267. The lowest BCUT2D eigenvalue weighted by Gasteiger charge is -2.10. The number of halogens is 1. The number of nitrogens with zero attached hydrogens (tertiary/aromatic N) is 1. The van der Waals surface area contributed by atoms with Crippen LogP contribution >= 0.6 is 15.9 Å². The zero-order chi connectivity index (χ0) is 14.3. The van der Waals surface area contributed by atoms with Gasteiger partial charge in [0.25, 0.3) is 0 Å². The molecular weight excluding hydrogens is 322 g/mol. The summed E-state index contributed by atoms with van der Waals surface area (Å²) in [7, 11) is 1.70. The molecule has 3 rings (SSSR count). The molecule has 0 aliphatic carbocycles. The first kappa shape index (κ1) is 13.2. The summed E-state index contributed by atoms with van der Waals surface area (Å²) in [4.78, 5) is 11.5. The van der Waals surface area contributed by atoms with Crippen molar-refractivity contribution >= 4 is 27.0 Å². The van der Waals surface area contributed by atoms with Crippen LogP contribution in [0.2, 0.25) is 0 Å². The van der Waals surface area contributed by atoms with Crippen LogP contribution in [-0.2, 0) is 13.5 Å². The predicted molar refractivity (Wildman–Crippen MR) is 80.3 cm³/mol. The van der Waals surface area contributed by atoms with Crippen molar-refractivity contribution in [3.63, 3.8) is 0 Å². The molecular formula is C15H14BrNO3. The molecule has 0 saturated carbocycles. The fourth-order valence-corrected chi connectivity index (χ4v) is 3.04. The van der Waals surface area contributed by atoms with Crippen LogP contribution in [0.1, 0.15) is 28.6 Å². The van der Waals surface area contributed by atoms with Crippen LogP contribution in [0.25, 0.3) is 11.1 Å². The Morgan fingerprint density at radius 1 is 1.35 bits per heavy atom. The van der Waals surface area contributed by atoms with Crippen molar-refractivity contribution in [1.82, 2.24) is 4.57 Å². The van der Waals surface area contributed by atoms with Crippen molar-refractivity contribution < 1.29 is 8.83 Å². The van der Waals surface area contributed by atoms with Crippen LogP contribution in [-0.4, -0.2) is 4.57 Å². The maximum Gasteiger partial charge on any atom is 0.419 e. The summed E-state index contributed by atoms with van der Waals surface area (Å²) in [6, 6.07) is 7.74. The molecule has 1 atom stereocenters. The molecule has 1 unspecified atom stereocenters. The van der Waals surface area contributed by atoms with E-state index in [4.69, 9.17) is 8.83 Å². The second kappa shape index (κ2) is 4.98. The minimum Gasteiger partial charge on any atom is -0.469 e. The third kappa shape index (κ3) is 2.02. The molecule has 3 aromatic rings. The van der Waals surface area contributed by atoms with Gasteiger partial charge in [-0.3, -0.25) is 4.57 Å². The Kier molecular flexibility index (Phi) is 3.30. The standard InChI is InChI=1S/C15H14BrNO3/c1-3-12-10(6-7-19-12)14(16)9-4-5-11-13(8-9)20-15(18)17(11)2/h4-8,14H,3H2,1-2H3. The highest BCUT2D eigenvalue weighted by molar-refractivity contribution is 9.09. The van der Waals surface area contributed by atoms with Gasteiger partial charge < -0.3 is 8.83 Å². The van der Waals surface area contributed by atoms with E-state index in [-0.39, 0.29) is 10.6 Å². The van der Waals surface area contributed by atoms with Gasteiger partial charge in [-0.1, -0.05) is 28.9 Å². The van der Waals surface area contributed by atoms with Gasteiger partial charge in [0.1, 0.15) is 5.76 Å². The van der Waals surface area contributed by atoms with E-state index in [1.165, 1.54) is 4.57 Å². The van der Waals surface area contributed by atoms with E-state index in [2.05, 4.69) is 22.9 Å². The first-order valence-electron chi connectivity index (χ1n) is 6.41. The second-order valence-electron chi connectivity index (χ2n) is 4.67. The summed E-state index contributed by atoms with van der Waals surface area (Å²) in [6.07, 6.45) is 2.54. The molecule has 0 bridgehead atoms. The maximum atomic E-state index is 11.5. The van der Waals surface area contributed by atoms with Crippen molar-refractivity contribution in [1.29, 1.82) is 0 Å². The number of hydrogen-bond acceptors (Lipinski definition) is 3. The first-order valence-corrected chi connectivity index (χ1v) is 7.33. The predicted octanol–water partition coefficient (Wildman–Crippen LogP) is 3.77. The number of rotatable bonds is 3. The molecule has 2 aromatic heterocycles. The van der Waals surface area contributed by atoms with Gasteiger partial charge in [-0.05, 0) is 23.8 Å². The van der Waals surface area contributed by atoms with Crippen molar-refractivity contribution in [3.05, 3.63) is 58.0 Å². The van der Waals surface area contributed by atoms with Gasteiger partial charge in [-0.15, -0.1) is 0 Å². The Morgan fingerprint density at radius 2 is 2.15 bits per heavy atom. The van der Waals surface area contributed by atoms with Crippen LogP contribution in [0.5, 0.6) is 0 Å². The van der Waals surface area contributed by atoms with Gasteiger partial charge in [-0.2, -0.15) is 0 Å². The summed E-state index contributed by atoms with van der Waals surface area (Å²) >= 11 is 3.69. The number of fused-ring (bicyclic) bond motifs is 1. The fourth-order valence-electron chi connectivity index (χ4n) is 2.35. The molecule has 20 heavy (non-hydrogen) atoms. The lowest BCUT2D eigenvalue weighted by molar-refractivity contribution is 0.512. The van der Waals surface area contributed by atoms with Gasteiger partial charge in [0, 0.05) is 19.0 Å². The molecule has 104 valence electrons. The summed E-state index contributed by atoms with van der Waals surface area (Å²) in [5, 5.41) is 0. The highest BCUT2D eigenvalue weighted by Gasteiger charge is 2.17. The third-order valence-electron chi connectivity index (χ3n) is 3.48. The largest absolute Gasteiger partial charge is 0.469 e. The number of oxazole rings is 1. The Labute approximate surface area is 124 Å². The highest BCUT2D eigenvalue weighted by Crippen LogP contribution is 2.35. The lowest BCUT2D eigenvalue weighted by Crippen LogP contribution is -2.08. The van der Waals surface area contributed by atoms with E-state index in [1.54, 1.807) is 13.3 Å². The van der Waals surface area contributed by atoms with Crippen molar-refractivity contribution in [3.8, 4) is 0 Å². The number of benzene rings is 1. The summed E-state index contributed by atoms with van der Waals surface area (Å²) in [6.45, 7) is 2.06. The molecule has 0 N–H and O–H groups in total. The van der Waals surface area contributed by atoms with Gasteiger partial charge in [-0.25, -0.2) is 4.79 Å². The molecule has 2 heterocycles. The Balaban J connectivity index is 2.08. The molecule has 0 amide bonds. The van der Waals surface area contributed by atoms with Crippen LogP contribution in [0.3, 0.4) is 0 Å². The number of aryl methyl sites for hydroxylation is 2. The molecule has 4 nitrogen and oxygen atoms in total. The topological polar surface area (TPSA) is 48.3 Å². The zero-order valence-corrected chi connectivity index (χ0v) is 12.8. The molecule has 0 saturated heterocycles. The molecule has 5 heteroatoms. The number of hydrogen-bond donors (Lipinski definition) is 0. The summed E-state index contributed by atoms with van der Waals surface area (Å²) in [5.74, 6) is 0.613. The lowest BCUT2D eigenvalue weighted by atomic mass is 10.0. The average Bonchev–Trinajstić information content (AvgIpc) is 3.03. The zero-order valence-electron chi connectivity index (χ0n) is 11.2. The Hall–Kier alpha value is -1.75. The molecule has 1 aromatic carbocycles. The van der Waals surface area contributed by atoms with Gasteiger partial charge >= 0.3 is 5.76 Å².